The van der Waals surface area contributed by atoms with Crippen LogP contribution in [0.5, 0.6) is 5.75 Å². The fraction of sp³-hybridized carbons (Fsp3) is 0.146. The highest BCUT2D eigenvalue weighted by Gasteiger charge is 2.23. The zero-order valence-electron chi connectivity index (χ0n) is 26.8. The Morgan fingerprint density at radius 2 is 1.35 bits per heavy atom. The number of amides is 1. The number of ketones is 1. The van der Waals surface area contributed by atoms with Crippen LogP contribution in [0.15, 0.2) is 146 Å². The summed E-state index contributed by atoms with van der Waals surface area (Å²) in [5.41, 5.74) is 4.45. The van der Waals surface area contributed by atoms with Gasteiger partial charge >= 0.3 is 5.97 Å². The first-order valence-electron chi connectivity index (χ1n) is 15.8. The van der Waals surface area contributed by atoms with Crippen molar-refractivity contribution < 1.29 is 23.9 Å². The van der Waals surface area contributed by atoms with E-state index >= 15 is 0 Å². The molecular weight excluding hydrogens is 600 g/mol. The van der Waals surface area contributed by atoms with Gasteiger partial charge in [-0.3, -0.25) is 9.59 Å². The van der Waals surface area contributed by atoms with Crippen molar-refractivity contribution in [1.82, 2.24) is 4.90 Å². The summed E-state index contributed by atoms with van der Waals surface area (Å²) in [6, 6.07) is 42.5. The van der Waals surface area contributed by atoms with Crippen LogP contribution in [0.3, 0.4) is 0 Å². The second kappa shape index (κ2) is 17.1. The number of methoxy groups -OCH3 is 1. The number of hydrogen-bond donors (Lipinski definition) is 1. The summed E-state index contributed by atoms with van der Waals surface area (Å²) < 4.78 is 11.1. The van der Waals surface area contributed by atoms with Crippen LogP contribution in [0.4, 0.5) is 5.69 Å². The molecular formula is C41H38N2O5. The molecule has 1 amide bonds. The van der Waals surface area contributed by atoms with Crippen LogP contribution in [0.25, 0.3) is 6.08 Å². The molecule has 7 nitrogen and oxygen atoms in total. The Hall–Kier alpha value is -5.95. The number of benzene rings is 5. The quantitative estimate of drug-likeness (QED) is 0.0740. The summed E-state index contributed by atoms with van der Waals surface area (Å²) in [7, 11) is 1.35. The normalized spacial score (nSPS) is 11.4. The molecule has 242 valence electrons. The van der Waals surface area contributed by atoms with Gasteiger partial charge in [-0.15, -0.1) is 0 Å². The third-order valence-corrected chi connectivity index (χ3v) is 7.76. The van der Waals surface area contributed by atoms with Crippen LogP contribution in [0, 0.1) is 0 Å². The van der Waals surface area contributed by atoms with Crippen LogP contribution in [-0.4, -0.2) is 48.9 Å². The Bertz CT molecular complexity index is 1810. The van der Waals surface area contributed by atoms with E-state index in [0.29, 0.717) is 48.7 Å². The molecule has 48 heavy (non-hydrogen) atoms. The molecule has 0 bridgehead atoms. The van der Waals surface area contributed by atoms with Crippen molar-refractivity contribution in [1.29, 1.82) is 0 Å². The van der Waals surface area contributed by atoms with Gasteiger partial charge in [-0.1, -0.05) is 115 Å². The minimum atomic E-state index is -0.729. The first-order valence-corrected chi connectivity index (χ1v) is 15.8. The van der Waals surface area contributed by atoms with Gasteiger partial charge in [0.05, 0.1) is 13.7 Å². The number of esters is 1. The summed E-state index contributed by atoms with van der Waals surface area (Å²) in [6.45, 7) is 1.16. The van der Waals surface area contributed by atoms with Crippen LogP contribution in [-0.2, 0) is 27.3 Å². The van der Waals surface area contributed by atoms with Crippen LogP contribution < -0.4 is 10.1 Å². The molecule has 0 aliphatic carbocycles. The van der Waals surface area contributed by atoms with Gasteiger partial charge in [-0.2, -0.15) is 0 Å². The molecule has 5 rings (SSSR count). The summed E-state index contributed by atoms with van der Waals surface area (Å²) >= 11 is 0. The Labute approximate surface area is 281 Å². The average molecular weight is 639 g/mol. The molecule has 0 aromatic heterocycles. The molecule has 0 fully saturated rings. The predicted molar refractivity (Wildman–Crippen MR) is 189 cm³/mol. The van der Waals surface area contributed by atoms with Gasteiger partial charge < -0.3 is 19.7 Å². The van der Waals surface area contributed by atoms with E-state index in [2.05, 4.69) is 5.32 Å². The van der Waals surface area contributed by atoms with Crippen molar-refractivity contribution in [2.24, 2.45) is 0 Å². The zero-order valence-corrected chi connectivity index (χ0v) is 26.8. The van der Waals surface area contributed by atoms with E-state index in [0.717, 1.165) is 16.7 Å². The molecule has 1 unspecified atom stereocenters. The highest BCUT2D eigenvalue weighted by molar-refractivity contribution is 6.12. The van der Waals surface area contributed by atoms with E-state index in [1.165, 1.54) is 7.11 Å². The monoisotopic (exact) mass is 638 g/mol. The highest BCUT2D eigenvalue weighted by Crippen LogP contribution is 2.22. The van der Waals surface area contributed by atoms with Crippen LogP contribution >= 0.6 is 0 Å². The average Bonchev–Trinajstić information content (AvgIpc) is 3.14. The lowest BCUT2D eigenvalue weighted by Gasteiger charge is -2.22. The minimum Gasteiger partial charge on any atom is -0.492 e. The van der Waals surface area contributed by atoms with Crippen molar-refractivity contribution in [3.05, 3.63) is 173 Å². The smallest absolute Gasteiger partial charge is 0.328 e. The molecule has 0 heterocycles. The number of nitrogens with one attached hydrogen (secondary N) is 1. The first kappa shape index (κ1) is 33.4. The van der Waals surface area contributed by atoms with Gasteiger partial charge in [0.15, 0.2) is 5.78 Å². The number of anilines is 1. The fourth-order valence-corrected chi connectivity index (χ4v) is 5.21. The Morgan fingerprint density at radius 3 is 2.04 bits per heavy atom. The number of nitrogens with zero attached hydrogens (tertiary/aromatic N) is 1. The second-order valence-corrected chi connectivity index (χ2v) is 11.1. The maximum absolute atomic E-state index is 13.2. The number of carbonyl (C=O) groups excluding carboxylic acids is 3. The Kier molecular flexibility index (Phi) is 11.9. The lowest BCUT2D eigenvalue weighted by Crippen LogP contribution is -2.33. The molecule has 0 spiro atoms. The van der Waals surface area contributed by atoms with Crippen molar-refractivity contribution >= 4 is 29.4 Å². The maximum Gasteiger partial charge on any atom is 0.328 e. The number of ether oxygens (including phenoxy) is 2. The number of rotatable bonds is 15. The van der Waals surface area contributed by atoms with E-state index in [1.54, 1.807) is 41.3 Å². The summed E-state index contributed by atoms with van der Waals surface area (Å²) in [5, 5.41) is 3.24. The van der Waals surface area contributed by atoms with Crippen molar-refractivity contribution in [3.63, 3.8) is 0 Å². The zero-order chi connectivity index (χ0) is 33.6. The molecule has 0 radical (unpaired) electrons. The predicted octanol–water partition coefficient (Wildman–Crippen LogP) is 7.23. The molecule has 0 saturated carbocycles. The van der Waals surface area contributed by atoms with Gasteiger partial charge in [-0.05, 0) is 47.0 Å². The van der Waals surface area contributed by atoms with Crippen molar-refractivity contribution in [2.75, 3.05) is 25.6 Å². The standard InChI is InChI=1S/C41H38N2O5/c1-47-41(46)38(42-37-20-12-11-19-36(37)40(45)34-17-9-4-10-18-34)29-32-21-24-35(25-22-32)48-28-27-43(30-33-15-7-3-8-16-33)39(44)26-23-31-13-5-2-6-14-31/h2-26,38,42H,27-30H2,1H3. The topological polar surface area (TPSA) is 84.9 Å². The van der Waals surface area contributed by atoms with E-state index < -0.39 is 12.0 Å². The third kappa shape index (κ3) is 9.53. The molecule has 1 N–H and O–H groups in total. The molecule has 0 aliphatic heterocycles. The highest BCUT2D eigenvalue weighted by atomic mass is 16.5. The first-order chi connectivity index (χ1) is 23.5. The number of carbonyl (C=O) groups is 3. The fourth-order valence-electron chi connectivity index (χ4n) is 5.21. The molecule has 0 saturated heterocycles. The van der Waals surface area contributed by atoms with Crippen LogP contribution in [0.1, 0.15) is 32.6 Å². The number of para-hydroxylation sites is 1. The Morgan fingerprint density at radius 1 is 0.729 bits per heavy atom. The molecule has 5 aromatic carbocycles. The largest absolute Gasteiger partial charge is 0.492 e. The van der Waals surface area contributed by atoms with Gasteiger partial charge in [-0.25, -0.2) is 4.79 Å². The minimum absolute atomic E-state index is 0.102. The van der Waals surface area contributed by atoms with Gasteiger partial charge in [0.2, 0.25) is 5.91 Å². The van der Waals surface area contributed by atoms with Gasteiger partial charge in [0.25, 0.3) is 0 Å². The number of hydrogen-bond acceptors (Lipinski definition) is 6. The Balaban J connectivity index is 1.21. The van der Waals surface area contributed by atoms with Crippen molar-refractivity contribution in [3.8, 4) is 5.75 Å². The molecule has 1 atom stereocenters. The van der Waals surface area contributed by atoms with Crippen LogP contribution in [0.2, 0.25) is 0 Å². The lowest BCUT2D eigenvalue weighted by atomic mass is 10.00. The second-order valence-electron chi connectivity index (χ2n) is 11.1. The van der Waals surface area contributed by atoms with Crippen molar-refractivity contribution in [2.45, 2.75) is 19.0 Å². The van der Waals surface area contributed by atoms with E-state index in [4.69, 9.17) is 9.47 Å². The van der Waals surface area contributed by atoms with E-state index in [9.17, 15) is 14.4 Å². The molecule has 0 aliphatic rings. The van der Waals surface area contributed by atoms with Gasteiger partial charge in [0, 0.05) is 35.9 Å². The lowest BCUT2D eigenvalue weighted by molar-refractivity contribution is -0.141. The SMILES string of the molecule is COC(=O)C(Cc1ccc(OCCN(Cc2ccccc2)C(=O)C=Cc2ccccc2)cc1)Nc1ccccc1C(=O)c1ccccc1. The molecule has 7 heteroatoms. The maximum atomic E-state index is 13.2. The molecule has 5 aromatic rings. The summed E-state index contributed by atoms with van der Waals surface area (Å²) in [6.07, 6.45) is 3.73. The summed E-state index contributed by atoms with van der Waals surface area (Å²) in [4.78, 5) is 41.0. The van der Waals surface area contributed by atoms with E-state index in [1.807, 2.05) is 115 Å². The third-order valence-electron chi connectivity index (χ3n) is 7.76. The van der Waals surface area contributed by atoms with Gasteiger partial charge in [0.1, 0.15) is 18.4 Å². The van der Waals surface area contributed by atoms with E-state index in [-0.39, 0.29) is 11.7 Å². The summed E-state index contributed by atoms with van der Waals surface area (Å²) in [5.74, 6) is -0.0380.